The van der Waals surface area contributed by atoms with Gasteiger partial charge in [0.25, 0.3) is 0 Å². The Balaban J connectivity index is 0.000000747. The molecule has 0 bridgehead atoms. The lowest BCUT2D eigenvalue weighted by molar-refractivity contribution is -0.114. The van der Waals surface area contributed by atoms with Crippen molar-refractivity contribution in [1.29, 1.82) is 5.41 Å². The number of aryl methyl sites for hydroxylation is 2. The number of benzene rings is 1. The number of nitrogens with one attached hydrogen (secondary N) is 2. The number of hydrogen-bond donors (Lipinski definition) is 4. The summed E-state index contributed by atoms with van der Waals surface area (Å²) >= 11 is 1.30. The summed E-state index contributed by atoms with van der Waals surface area (Å²) in [6, 6.07) is 6.13. The van der Waals surface area contributed by atoms with Crippen molar-refractivity contribution >= 4 is 28.6 Å². The number of aliphatic hydroxyl groups excluding tert-OH is 2. The van der Waals surface area contributed by atoms with Crippen molar-refractivity contribution in [3.05, 3.63) is 64.6 Å². The second-order valence-electron chi connectivity index (χ2n) is 8.17. The molecule has 0 spiro atoms. The maximum atomic E-state index is 14.5. The molecule has 4 aromatic rings. The molecule has 0 fully saturated rings. The number of aromatic nitrogens is 4. The van der Waals surface area contributed by atoms with E-state index in [1.54, 1.807) is 6.20 Å². The first-order chi connectivity index (χ1) is 17.8. The van der Waals surface area contributed by atoms with Gasteiger partial charge in [0.1, 0.15) is 11.6 Å². The van der Waals surface area contributed by atoms with Crippen LogP contribution < -0.4 is 5.32 Å². The standard InChI is InChI=1S/C23H18F2N6OS.C2H6O2/c1-11-3-4-13(10-27-11)20-15-5-6-19-22(33-23(29-19)28-12(2)32)21(15)31(30-20)14-7-17(24)16(9-26)18(25)8-14;3-1-2-4/h3-4,7-10,26H,5-6H2,1-2H3,(H,28,29,32);3-4H,1-2H2. The third-order valence-corrected chi connectivity index (χ3v) is 6.55. The van der Waals surface area contributed by atoms with E-state index < -0.39 is 17.2 Å². The molecular formula is C25H24F2N6O3S. The number of carbonyl (C=O) groups is 1. The van der Waals surface area contributed by atoms with E-state index in [-0.39, 0.29) is 24.8 Å². The molecule has 0 radical (unpaired) electrons. The molecule has 37 heavy (non-hydrogen) atoms. The minimum atomic E-state index is -0.845. The second kappa shape index (κ2) is 11.0. The van der Waals surface area contributed by atoms with Gasteiger partial charge in [-0.15, -0.1) is 0 Å². The predicted molar refractivity (Wildman–Crippen MR) is 136 cm³/mol. The van der Waals surface area contributed by atoms with E-state index in [0.29, 0.717) is 35.6 Å². The normalized spacial score (nSPS) is 11.7. The van der Waals surface area contributed by atoms with E-state index in [1.165, 1.54) is 22.9 Å². The number of aliphatic hydroxyl groups is 2. The Labute approximate surface area is 215 Å². The summed E-state index contributed by atoms with van der Waals surface area (Å²) in [5.41, 5.74) is 4.52. The molecule has 1 amide bonds. The summed E-state index contributed by atoms with van der Waals surface area (Å²) in [5, 5.41) is 30.4. The van der Waals surface area contributed by atoms with Crippen LogP contribution in [0.15, 0.2) is 30.5 Å². The van der Waals surface area contributed by atoms with Gasteiger partial charge in [0.05, 0.1) is 46.4 Å². The highest BCUT2D eigenvalue weighted by molar-refractivity contribution is 7.19. The Morgan fingerprint density at radius 1 is 1.22 bits per heavy atom. The van der Waals surface area contributed by atoms with Gasteiger partial charge in [0.15, 0.2) is 5.13 Å². The van der Waals surface area contributed by atoms with Crippen molar-refractivity contribution in [3.8, 4) is 27.5 Å². The van der Waals surface area contributed by atoms with Gasteiger partial charge in [0, 0.05) is 48.3 Å². The van der Waals surface area contributed by atoms with Crippen LogP contribution in [0.25, 0.3) is 27.5 Å². The van der Waals surface area contributed by atoms with Gasteiger partial charge in [-0.1, -0.05) is 11.3 Å². The number of amides is 1. The molecule has 192 valence electrons. The van der Waals surface area contributed by atoms with Crippen LogP contribution in [0.4, 0.5) is 13.9 Å². The van der Waals surface area contributed by atoms with Crippen LogP contribution >= 0.6 is 11.3 Å². The molecule has 0 aliphatic heterocycles. The number of thiazole rings is 1. The molecule has 0 unspecified atom stereocenters. The lowest BCUT2D eigenvalue weighted by Gasteiger charge is -2.14. The fourth-order valence-corrected chi connectivity index (χ4v) is 5.05. The number of rotatable bonds is 5. The lowest BCUT2D eigenvalue weighted by Crippen LogP contribution is -2.07. The quantitative estimate of drug-likeness (QED) is 0.293. The Morgan fingerprint density at radius 3 is 2.49 bits per heavy atom. The Kier molecular flexibility index (Phi) is 7.81. The molecule has 1 aliphatic rings. The zero-order chi connectivity index (χ0) is 26.7. The number of hydrogen-bond acceptors (Lipinski definition) is 8. The number of anilines is 1. The summed E-state index contributed by atoms with van der Waals surface area (Å²) in [4.78, 5) is 21.2. The van der Waals surface area contributed by atoms with E-state index in [2.05, 4.69) is 15.3 Å². The summed E-state index contributed by atoms with van der Waals surface area (Å²) < 4.78 is 30.6. The molecule has 5 rings (SSSR count). The molecular weight excluding hydrogens is 502 g/mol. The predicted octanol–water partition coefficient (Wildman–Crippen LogP) is 3.67. The first-order valence-electron chi connectivity index (χ1n) is 11.3. The van der Waals surface area contributed by atoms with Gasteiger partial charge < -0.3 is 20.9 Å². The third-order valence-electron chi connectivity index (χ3n) is 5.53. The van der Waals surface area contributed by atoms with E-state index in [0.717, 1.165) is 39.5 Å². The van der Waals surface area contributed by atoms with Gasteiger partial charge >= 0.3 is 0 Å². The molecule has 12 heteroatoms. The van der Waals surface area contributed by atoms with Crippen LogP contribution in [0.5, 0.6) is 0 Å². The summed E-state index contributed by atoms with van der Waals surface area (Å²) in [7, 11) is 0. The van der Waals surface area contributed by atoms with Crippen molar-refractivity contribution in [2.75, 3.05) is 18.5 Å². The largest absolute Gasteiger partial charge is 0.394 e. The topological polar surface area (TPSA) is 137 Å². The second-order valence-corrected chi connectivity index (χ2v) is 9.17. The van der Waals surface area contributed by atoms with E-state index in [1.807, 2.05) is 19.1 Å². The van der Waals surface area contributed by atoms with Crippen LogP contribution in [-0.4, -0.2) is 55.3 Å². The maximum absolute atomic E-state index is 14.5. The smallest absolute Gasteiger partial charge is 0.223 e. The maximum Gasteiger partial charge on any atom is 0.223 e. The fraction of sp³-hybridized carbons (Fsp3) is 0.240. The summed E-state index contributed by atoms with van der Waals surface area (Å²) in [6.07, 6.45) is 3.65. The Bertz CT molecular complexity index is 1440. The Hall–Kier alpha value is -3.87. The highest BCUT2D eigenvalue weighted by Crippen LogP contribution is 2.44. The number of carbonyl (C=O) groups excluding carboxylic acids is 1. The molecule has 0 saturated carbocycles. The summed E-state index contributed by atoms with van der Waals surface area (Å²) in [6.45, 7) is 3.05. The van der Waals surface area contributed by atoms with Gasteiger partial charge in [-0.2, -0.15) is 5.10 Å². The molecule has 1 aliphatic carbocycles. The molecule has 0 saturated heterocycles. The van der Waals surface area contributed by atoms with Gasteiger partial charge in [0.2, 0.25) is 5.91 Å². The fourth-order valence-electron chi connectivity index (χ4n) is 3.93. The van der Waals surface area contributed by atoms with Crippen molar-refractivity contribution in [1.82, 2.24) is 19.7 Å². The van der Waals surface area contributed by atoms with Crippen LogP contribution in [-0.2, 0) is 17.6 Å². The van der Waals surface area contributed by atoms with Crippen LogP contribution in [0, 0.1) is 24.0 Å². The monoisotopic (exact) mass is 526 g/mol. The van der Waals surface area contributed by atoms with Gasteiger partial charge in [-0.3, -0.25) is 9.78 Å². The minimum Gasteiger partial charge on any atom is -0.394 e. The third kappa shape index (κ3) is 5.31. The number of fused-ring (bicyclic) bond motifs is 3. The van der Waals surface area contributed by atoms with Crippen LogP contribution in [0.3, 0.4) is 0 Å². The summed E-state index contributed by atoms with van der Waals surface area (Å²) in [5.74, 6) is -1.92. The van der Waals surface area contributed by atoms with Crippen LogP contribution in [0.1, 0.15) is 29.4 Å². The number of pyridine rings is 1. The molecule has 1 aromatic carbocycles. The van der Waals surface area contributed by atoms with E-state index >= 15 is 0 Å². The molecule has 9 nitrogen and oxygen atoms in total. The van der Waals surface area contributed by atoms with E-state index in [4.69, 9.17) is 20.7 Å². The van der Waals surface area contributed by atoms with Crippen molar-refractivity contribution in [2.45, 2.75) is 26.7 Å². The lowest BCUT2D eigenvalue weighted by atomic mass is 9.95. The average molecular weight is 527 g/mol. The van der Waals surface area contributed by atoms with Crippen molar-refractivity contribution < 1.29 is 23.8 Å². The highest BCUT2D eigenvalue weighted by atomic mass is 32.1. The van der Waals surface area contributed by atoms with Gasteiger partial charge in [-0.25, -0.2) is 18.4 Å². The zero-order valence-corrected chi connectivity index (χ0v) is 20.9. The average Bonchev–Trinajstić information content (AvgIpc) is 3.45. The first-order valence-corrected chi connectivity index (χ1v) is 12.1. The van der Waals surface area contributed by atoms with Gasteiger partial charge in [-0.05, 0) is 31.9 Å². The first kappa shape index (κ1) is 26.2. The Morgan fingerprint density at radius 2 is 1.92 bits per heavy atom. The molecule has 4 N–H and O–H groups in total. The van der Waals surface area contributed by atoms with E-state index in [9.17, 15) is 13.6 Å². The highest BCUT2D eigenvalue weighted by Gasteiger charge is 2.30. The zero-order valence-electron chi connectivity index (χ0n) is 20.0. The molecule has 3 aromatic heterocycles. The minimum absolute atomic E-state index is 0.125. The van der Waals surface area contributed by atoms with Crippen molar-refractivity contribution in [3.63, 3.8) is 0 Å². The molecule has 0 atom stereocenters. The van der Waals surface area contributed by atoms with Crippen LogP contribution in [0.2, 0.25) is 0 Å². The SMILES string of the molecule is CC(=O)Nc1nc2c(s1)-c1c(c(-c3ccc(C)nc3)nn1-c1cc(F)c(C=N)c(F)c1)CC2.OCCO. The number of nitrogens with zero attached hydrogens (tertiary/aromatic N) is 4. The molecule has 3 heterocycles. The number of halogens is 2. The van der Waals surface area contributed by atoms with Crippen molar-refractivity contribution in [2.24, 2.45) is 0 Å².